The second-order valence-corrected chi connectivity index (χ2v) is 15.4. The lowest BCUT2D eigenvalue weighted by Crippen LogP contribution is -2.23. The van der Waals surface area contributed by atoms with Crippen LogP contribution in [-0.4, -0.2) is 86.5 Å². The maximum absolute atomic E-state index is 15.0. The first-order valence-electron chi connectivity index (χ1n) is 12.7. The summed E-state index contributed by atoms with van der Waals surface area (Å²) in [7, 11) is 0. The van der Waals surface area contributed by atoms with Gasteiger partial charge in [-0.3, -0.25) is 28.0 Å². The van der Waals surface area contributed by atoms with Crippen LogP contribution in [0.4, 0.5) is 16.2 Å². The zero-order valence-corrected chi connectivity index (χ0v) is 25.7. The number of aromatic amines is 1. The molecule has 238 valence electrons. The van der Waals surface area contributed by atoms with Crippen LogP contribution in [0.1, 0.15) is 25.3 Å². The van der Waals surface area contributed by atoms with Gasteiger partial charge in [0.25, 0.3) is 5.56 Å². The highest BCUT2D eigenvalue weighted by Crippen LogP contribution is 2.57. The monoisotopic (exact) mass is 694 g/mol. The number of hydrogen-bond acceptors (Lipinski definition) is 15. The molecule has 0 aromatic carbocycles. The van der Waals surface area contributed by atoms with Crippen LogP contribution in [-0.2, 0) is 39.4 Å². The molecular formula is C20H25FN10O9P2S2. The normalized spacial score (nSPS) is 27.4. The summed E-state index contributed by atoms with van der Waals surface area (Å²) >= 11 is 8.59. The number of imidazole rings is 2. The molecule has 2 aliphatic rings. The topological polar surface area (TPSA) is 263 Å². The molecule has 0 spiro atoms. The van der Waals surface area contributed by atoms with Crippen LogP contribution in [0.25, 0.3) is 22.3 Å². The lowest BCUT2D eigenvalue weighted by atomic mass is 10.2. The molecular weight excluding hydrogens is 669 g/mol. The van der Waals surface area contributed by atoms with Gasteiger partial charge in [-0.05, 0) is 11.8 Å². The fourth-order valence-corrected chi connectivity index (χ4v) is 7.01. The Hall–Kier alpha value is -2.62. The average molecular weight is 695 g/mol. The van der Waals surface area contributed by atoms with Gasteiger partial charge >= 0.3 is 13.5 Å². The summed E-state index contributed by atoms with van der Waals surface area (Å²) in [5.74, 6) is -0.0597. The van der Waals surface area contributed by atoms with Gasteiger partial charge < -0.3 is 35.3 Å². The zero-order chi connectivity index (χ0) is 31.4. The van der Waals surface area contributed by atoms with Gasteiger partial charge in [-0.1, -0.05) is 12.2 Å². The van der Waals surface area contributed by atoms with E-state index in [9.17, 15) is 19.1 Å². The second-order valence-electron chi connectivity index (χ2n) is 9.84. The molecule has 7 N–H and O–H groups in total. The Morgan fingerprint density at radius 3 is 2.45 bits per heavy atom. The van der Waals surface area contributed by atoms with E-state index < -0.39 is 56.0 Å². The van der Waals surface area contributed by atoms with Crippen molar-refractivity contribution >= 4 is 71.7 Å². The molecule has 6 rings (SSSR count). The summed E-state index contributed by atoms with van der Waals surface area (Å²) in [6.45, 7) is -8.90. The van der Waals surface area contributed by atoms with Gasteiger partial charge in [-0.15, -0.1) is 0 Å². The van der Waals surface area contributed by atoms with Gasteiger partial charge in [0.1, 0.15) is 24.1 Å². The Balaban J connectivity index is 1.16. The quantitative estimate of drug-likeness (QED) is 0.0985. The Morgan fingerprint density at radius 1 is 1.05 bits per heavy atom. The minimum absolute atomic E-state index is 0.0144. The van der Waals surface area contributed by atoms with E-state index in [1.807, 2.05) is 0 Å². The SMILES string of the molecule is Nc1nc2c(ncn2[C@@H]2O[C@H](COP(O)(O)=S)C[C@@H]2OP(=O)(S)OC[C@@H]2C[C@H](F)[C@H](n3cnc4c(N)ncnc43)O2)c(=O)[nH]1. The van der Waals surface area contributed by atoms with Crippen molar-refractivity contribution in [2.45, 2.75) is 49.8 Å². The molecule has 19 nitrogen and oxygen atoms in total. The number of aromatic nitrogens is 8. The number of nitrogen functional groups attached to an aromatic ring is 2. The summed E-state index contributed by atoms with van der Waals surface area (Å²) in [5.41, 5.74) is 11.5. The highest BCUT2D eigenvalue weighted by molar-refractivity contribution is 8.44. The van der Waals surface area contributed by atoms with Gasteiger partial charge in [-0.2, -0.15) is 4.98 Å². The van der Waals surface area contributed by atoms with Crippen molar-refractivity contribution in [1.29, 1.82) is 0 Å². The zero-order valence-electron chi connectivity index (χ0n) is 22.2. The van der Waals surface area contributed by atoms with E-state index >= 15 is 4.39 Å². The van der Waals surface area contributed by atoms with Crippen LogP contribution in [0.5, 0.6) is 0 Å². The Labute approximate surface area is 256 Å². The number of ether oxygens (including phenoxy) is 2. The molecule has 6 heterocycles. The van der Waals surface area contributed by atoms with Crippen molar-refractivity contribution in [3.63, 3.8) is 0 Å². The predicted molar refractivity (Wildman–Crippen MR) is 156 cm³/mol. The molecule has 0 radical (unpaired) electrons. The molecule has 2 aliphatic heterocycles. The van der Waals surface area contributed by atoms with Crippen LogP contribution in [0.2, 0.25) is 0 Å². The molecule has 0 amide bonds. The summed E-state index contributed by atoms with van der Waals surface area (Å²) in [6.07, 6.45) is -2.78. The van der Waals surface area contributed by atoms with E-state index in [4.69, 9.17) is 34.5 Å². The van der Waals surface area contributed by atoms with Crippen molar-refractivity contribution in [1.82, 2.24) is 39.0 Å². The standard InChI is InChI=1S/C20H25FN10O9P2S2/c21-10-1-8(38-18(10)30-6-26-12-14(22)24-5-25-15(12)30)4-37-42(35,44)40-11-2-9(3-36-41(33,34)43)39-19(11)31-7-27-13-16(31)28-20(23)29-17(13)32/h5-11,18-19H,1-4H2,(H,35,44)(H2,22,24,25)(H2,33,34,43)(H3,23,28,29,32)/t8-,9-,10-,11-,18+,19+,42?/m0/s1. The fraction of sp³-hybridized carbons (Fsp3) is 0.500. The van der Waals surface area contributed by atoms with E-state index in [2.05, 4.69) is 54.0 Å². The summed E-state index contributed by atoms with van der Waals surface area (Å²) in [4.78, 5) is 53.8. The maximum atomic E-state index is 15.0. The van der Waals surface area contributed by atoms with Gasteiger partial charge in [0.2, 0.25) is 5.95 Å². The van der Waals surface area contributed by atoms with Gasteiger partial charge in [-0.25, -0.2) is 28.9 Å². The molecule has 4 aromatic rings. The first kappa shape index (κ1) is 31.4. The molecule has 1 unspecified atom stereocenters. The molecule has 44 heavy (non-hydrogen) atoms. The molecule has 4 aromatic heterocycles. The lowest BCUT2D eigenvalue weighted by molar-refractivity contribution is -0.0475. The molecule has 2 fully saturated rings. The van der Waals surface area contributed by atoms with Crippen molar-refractivity contribution in [3.8, 4) is 0 Å². The Bertz CT molecular complexity index is 1860. The van der Waals surface area contributed by atoms with E-state index in [0.717, 1.165) is 0 Å². The van der Waals surface area contributed by atoms with Gasteiger partial charge in [0, 0.05) is 12.8 Å². The maximum Gasteiger partial charge on any atom is 0.386 e. The minimum Gasteiger partial charge on any atom is -0.382 e. The number of rotatable bonds is 10. The van der Waals surface area contributed by atoms with Crippen LogP contribution in [0, 0.1) is 0 Å². The number of nitrogens with one attached hydrogen (secondary N) is 1. The fourth-order valence-electron chi connectivity index (χ4n) is 4.96. The van der Waals surface area contributed by atoms with Crippen LogP contribution in [0.15, 0.2) is 23.8 Å². The first-order chi connectivity index (χ1) is 20.8. The van der Waals surface area contributed by atoms with Crippen molar-refractivity contribution in [2.24, 2.45) is 0 Å². The third kappa shape index (κ3) is 6.51. The van der Waals surface area contributed by atoms with Crippen LogP contribution >= 0.6 is 25.8 Å². The number of hydrogen-bond donors (Lipinski definition) is 6. The van der Waals surface area contributed by atoms with E-state index in [0.29, 0.717) is 5.52 Å². The van der Waals surface area contributed by atoms with Crippen LogP contribution < -0.4 is 17.0 Å². The van der Waals surface area contributed by atoms with Gasteiger partial charge in [0.15, 0.2) is 35.1 Å². The number of H-pyrrole nitrogens is 1. The Morgan fingerprint density at radius 2 is 1.70 bits per heavy atom. The van der Waals surface area contributed by atoms with Crippen molar-refractivity contribution in [3.05, 3.63) is 29.3 Å². The Kier molecular flexibility index (Phi) is 8.52. The number of halogens is 1. The van der Waals surface area contributed by atoms with E-state index in [1.165, 1.54) is 28.1 Å². The smallest absolute Gasteiger partial charge is 0.382 e. The highest BCUT2D eigenvalue weighted by atomic mass is 32.7. The number of anilines is 2. The van der Waals surface area contributed by atoms with Gasteiger partial charge in [0.05, 0.1) is 38.1 Å². The number of fused-ring (bicyclic) bond motifs is 2. The first-order valence-corrected chi connectivity index (χ1v) is 18.1. The highest BCUT2D eigenvalue weighted by Gasteiger charge is 2.44. The van der Waals surface area contributed by atoms with E-state index in [1.54, 1.807) is 0 Å². The average Bonchev–Trinajstić information content (AvgIpc) is 3.71. The molecule has 0 saturated carbocycles. The molecule has 0 bridgehead atoms. The van der Waals surface area contributed by atoms with Crippen molar-refractivity contribution < 1.29 is 41.8 Å². The largest absolute Gasteiger partial charge is 0.386 e. The third-order valence-corrected chi connectivity index (χ3v) is 9.22. The second kappa shape index (κ2) is 12.0. The van der Waals surface area contributed by atoms with Crippen molar-refractivity contribution in [2.75, 3.05) is 24.7 Å². The predicted octanol–water partition coefficient (Wildman–Crippen LogP) is 0.702. The van der Waals surface area contributed by atoms with E-state index in [-0.39, 0.29) is 54.6 Å². The number of thiol groups is 1. The molecule has 2 saturated heterocycles. The molecule has 0 aliphatic carbocycles. The third-order valence-electron chi connectivity index (χ3n) is 6.78. The summed E-state index contributed by atoms with van der Waals surface area (Å²) in [6, 6.07) is 0. The minimum atomic E-state index is -4.18. The summed E-state index contributed by atoms with van der Waals surface area (Å²) < 4.78 is 59.0. The lowest BCUT2D eigenvalue weighted by Gasteiger charge is -2.24. The summed E-state index contributed by atoms with van der Waals surface area (Å²) in [5, 5.41) is 0. The van der Waals surface area contributed by atoms with Crippen LogP contribution in [0.3, 0.4) is 0 Å². The molecule has 7 atom stereocenters. The number of nitrogens with zero attached hydrogens (tertiary/aromatic N) is 7. The number of alkyl halides is 1. The number of nitrogens with two attached hydrogens (primary N) is 2. The molecule has 24 heteroatoms.